The Hall–Kier alpha value is -1.59. The summed E-state index contributed by atoms with van der Waals surface area (Å²) in [6.45, 7) is 1.79. The van der Waals surface area contributed by atoms with Gasteiger partial charge in [-0.1, -0.05) is 30.3 Å². The van der Waals surface area contributed by atoms with Gasteiger partial charge in [0.2, 0.25) is 0 Å². The molecule has 0 bridgehead atoms. The van der Waals surface area contributed by atoms with Crippen LogP contribution >= 0.6 is 0 Å². The highest BCUT2D eigenvalue weighted by atomic mass is 16.5. The Morgan fingerprint density at radius 1 is 1.26 bits per heavy atom. The molecular weight excluding hydrogens is 242 g/mol. The van der Waals surface area contributed by atoms with Crippen LogP contribution in [0.1, 0.15) is 18.4 Å². The molecule has 0 spiro atoms. The van der Waals surface area contributed by atoms with Crippen molar-refractivity contribution in [1.29, 1.82) is 0 Å². The summed E-state index contributed by atoms with van der Waals surface area (Å²) < 4.78 is 5.16. The highest BCUT2D eigenvalue weighted by Gasteiger charge is 2.29. The molecule has 4 N–H and O–H groups in total. The van der Waals surface area contributed by atoms with E-state index in [-0.39, 0.29) is 12.1 Å². The Morgan fingerprint density at radius 3 is 2.68 bits per heavy atom. The van der Waals surface area contributed by atoms with Gasteiger partial charge < -0.3 is 21.1 Å². The van der Waals surface area contributed by atoms with Crippen molar-refractivity contribution >= 4 is 6.09 Å². The molecule has 0 heterocycles. The number of amides is 1. The van der Waals surface area contributed by atoms with Crippen molar-refractivity contribution in [1.82, 2.24) is 10.6 Å². The minimum absolute atomic E-state index is 0.221. The predicted octanol–water partition coefficient (Wildman–Crippen LogP) is 0.992. The fourth-order valence-electron chi connectivity index (χ4n) is 2.12. The van der Waals surface area contributed by atoms with E-state index in [0.717, 1.165) is 24.9 Å². The standard InChI is InChI=1S/C14H21N3O2/c15-6-7-16-12-8-13(9-12)17-14(18)19-10-11-4-2-1-3-5-11/h1-5,12-13,16H,6-10,15H2,(H,17,18). The number of carbonyl (C=O) groups excluding carboxylic acids is 1. The van der Waals surface area contributed by atoms with Crippen LogP contribution in [0.2, 0.25) is 0 Å². The molecule has 0 aromatic heterocycles. The molecule has 2 rings (SSSR count). The number of nitrogens with one attached hydrogen (secondary N) is 2. The van der Waals surface area contributed by atoms with Crippen molar-refractivity contribution in [2.75, 3.05) is 13.1 Å². The van der Waals surface area contributed by atoms with Crippen molar-refractivity contribution < 1.29 is 9.53 Å². The number of alkyl carbamates (subject to hydrolysis) is 1. The van der Waals surface area contributed by atoms with Crippen LogP contribution in [0.15, 0.2) is 30.3 Å². The van der Waals surface area contributed by atoms with Crippen molar-refractivity contribution in [2.45, 2.75) is 31.5 Å². The zero-order valence-corrected chi connectivity index (χ0v) is 11.0. The molecule has 1 amide bonds. The van der Waals surface area contributed by atoms with E-state index in [4.69, 9.17) is 10.5 Å². The van der Waals surface area contributed by atoms with E-state index < -0.39 is 0 Å². The van der Waals surface area contributed by atoms with Crippen LogP contribution in [0.5, 0.6) is 0 Å². The van der Waals surface area contributed by atoms with Gasteiger partial charge in [-0.15, -0.1) is 0 Å². The Kier molecular flexibility index (Phi) is 5.18. The number of nitrogens with two attached hydrogens (primary N) is 1. The second-order valence-corrected chi connectivity index (χ2v) is 4.81. The van der Waals surface area contributed by atoms with E-state index in [2.05, 4.69) is 10.6 Å². The zero-order chi connectivity index (χ0) is 13.5. The first-order valence-corrected chi connectivity index (χ1v) is 6.68. The quantitative estimate of drug-likeness (QED) is 0.715. The van der Waals surface area contributed by atoms with E-state index >= 15 is 0 Å². The molecule has 0 unspecified atom stereocenters. The summed E-state index contributed by atoms with van der Waals surface area (Å²) in [5, 5.41) is 6.17. The van der Waals surface area contributed by atoms with Crippen LogP contribution in [-0.2, 0) is 11.3 Å². The van der Waals surface area contributed by atoms with Crippen LogP contribution in [0, 0.1) is 0 Å². The normalized spacial score (nSPS) is 21.5. The van der Waals surface area contributed by atoms with Gasteiger partial charge in [-0.3, -0.25) is 0 Å². The molecule has 0 radical (unpaired) electrons. The summed E-state index contributed by atoms with van der Waals surface area (Å²) in [7, 11) is 0. The first-order valence-electron chi connectivity index (χ1n) is 6.68. The third-order valence-electron chi connectivity index (χ3n) is 3.25. The molecule has 1 aliphatic rings. The Morgan fingerprint density at radius 2 is 2.00 bits per heavy atom. The van der Waals surface area contributed by atoms with E-state index in [0.29, 0.717) is 19.2 Å². The van der Waals surface area contributed by atoms with Gasteiger partial charge in [0, 0.05) is 25.2 Å². The summed E-state index contributed by atoms with van der Waals surface area (Å²) in [4.78, 5) is 11.6. The topological polar surface area (TPSA) is 76.4 Å². The maximum atomic E-state index is 11.6. The average molecular weight is 263 g/mol. The highest BCUT2D eigenvalue weighted by molar-refractivity contribution is 5.67. The Labute approximate surface area is 113 Å². The molecule has 1 aromatic rings. The van der Waals surface area contributed by atoms with Gasteiger partial charge in [-0.25, -0.2) is 4.79 Å². The molecule has 104 valence electrons. The lowest BCUT2D eigenvalue weighted by Gasteiger charge is -2.36. The van der Waals surface area contributed by atoms with Gasteiger partial charge in [-0.2, -0.15) is 0 Å². The molecule has 1 fully saturated rings. The lowest BCUT2D eigenvalue weighted by Crippen LogP contribution is -2.53. The van der Waals surface area contributed by atoms with Crippen molar-refractivity contribution in [3.8, 4) is 0 Å². The van der Waals surface area contributed by atoms with Crippen LogP contribution in [0.3, 0.4) is 0 Å². The summed E-state index contributed by atoms with van der Waals surface area (Å²) in [5.41, 5.74) is 6.41. The molecule has 1 saturated carbocycles. The number of hydrogen-bond donors (Lipinski definition) is 3. The summed E-state index contributed by atoms with van der Waals surface area (Å²) in [6.07, 6.45) is 1.55. The van der Waals surface area contributed by atoms with Crippen molar-refractivity contribution in [2.24, 2.45) is 5.73 Å². The number of rotatable bonds is 6. The summed E-state index contributed by atoms with van der Waals surface area (Å²) >= 11 is 0. The minimum atomic E-state index is -0.342. The summed E-state index contributed by atoms with van der Waals surface area (Å²) in [5.74, 6) is 0. The van der Waals surface area contributed by atoms with Crippen LogP contribution in [-0.4, -0.2) is 31.3 Å². The van der Waals surface area contributed by atoms with Crippen LogP contribution < -0.4 is 16.4 Å². The highest BCUT2D eigenvalue weighted by Crippen LogP contribution is 2.19. The van der Waals surface area contributed by atoms with Crippen molar-refractivity contribution in [3.05, 3.63) is 35.9 Å². The predicted molar refractivity (Wildman–Crippen MR) is 73.6 cm³/mol. The maximum absolute atomic E-state index is 11.6. The van der Waals surface area contributed by atoms with Gasteiger partial charge in [0.1, 0.15) is 6.61 Å². The molecule has 19 heavy (non-hydrogen) atoms. The molecule has 5 heteroatoms. The van der Waals surface area contributed by atoms with E-state index in [1.165, 1.54) is 0 Å². The minimum Gasteiger partial charge on any atom is -0.445 e. The lowest BCUT2D eigenvalue weighted by molar-refractivity contribution is 0.125. The first kappa shape index (κ1) is 13.8. The largest absolute Gasteiger partial charge is 0.445 e. The Bertz CT molecular complexity index is 391. The summed E-state index contributed by atoms with van der Waals surface area (Å²) in [6, 6.07) is 10.4. The van der Waals surface area contributed by atoms with E-state index in [1.54, 1.807) is 0 Å². The fraction of sp³-hybridized carbons (Fsp3) is 0.500. The van der Waals surface area contributed by atoms with E-state index in [9.17, 15) is 4.79 Å². The number of hydrogen-bond acceptors (Lipinski definition) is 4. The number of carbonyl (C=O) groups is 1. The molecule has 0 atom stereocenters. The first-order chi connectivity index (χ1) is 9.28. The third kappa shape index (κ3) is 4.54. The molecule has 1 aromatic carbocycles. The van der Waals surface area contributed by atoms with E-state index in [1.807, 2.05) is 30.3 Å². The van der Waals surface area contributed by atoms with Gasteiger partial charge in [0.15, 0.2) is 0 Å². The molecule has 1 aliphatic carbocycles. The molecule has 0 saturated heterocycles. The van der Waals surface area contributed by atoms with Gasteiger partial charge in [0.05, 0.1) is 0 Å². The Balaban J connectivity index is 1.59. The van der Waals surface area contributed by atoms with Gasteiger partial charge in [-0.05, 0) is 18.4 Å². The second kappa shape index (κ2) is 7.11. The third-order valence-corrected chi connectivity index (χ3v) is 3.25. The fourth-order valence-corrected chi connectivity index (χ4v) is 2.12. The van der Waals surface area contributed by atoms with Gasteiger partial charge >= 0.3 is 6.09 Å². The number of benzene rings is 1. The lowest BCUT2D eigenvalue weighted by atomic mass is 9.87. The maximum Gasteiger partial charge on any atom is 0.407 e. The molecule has 0 aliphatic heterocycles. The van der Waals surface area contributed by atoms with Gasteiger partial charge in [0.25, 0.3) is 0 Å². The number of ether oxygens (including phenoxy) is 1. The SMILES string of the molecule is NCCNC1CC(NC(=O)OCc2ccccc2)C1. The van der Waals surface area contributed by atoms with Crippen LogP contribution in [0.25, 0.3) is 0 Å². The van der Waals surface area contributed by atoms with Crippen molar-refractivity contribution in [3.63, 3.8) is 0 Å². The second-order valence-electron chi connectivity index (χ2n) is 4.81. The molecular formula is C14H21N3O2. The van der Waals surface area contributed by atoms with Crippen LogP contribution in [0.4, 0.5) is 4.79 Å². The molecule has 5 nitrogen and oxygen atoms in total. The average Bonchev–Trinajstić information content (AvgIpc) is 2.40. The smallest absolute Gasteiger partial charge is 0.407 e. The zero-order valence-electron chi connectivity index (χ0n) is 11.0. The monoisotopic (exact) mass is 263 g/mol.